The molecule has 0 heterocycles. The molecule has 0 saturated heterocycles. The van der Waals surface area contributed by atoms with E-state index >= 15 is 0 Å². The van der Waals surface area contributed by atoms with Gasteiger partial charge in [0.25, 0.3) is 0 Å². The van der Waals surface area contributed by atoms with Crippen LogP contribution < -0.4 is 5.32 Å². The van der Waals surface area contributed by atoms with Gasteiger partial charge in [0.2, 0.25) is 0 Å². The van der Waals surface area contributed by atoms with Gasteiger partial charge in [-0.3, -0.25) is 5.32 Å². The third-order valence-electron chi connectivity index (χ3n) is 1.59. The molecule has 1 N–H and O–H groups in total. The first-order valence-corrected chi connectivity index (χ1v) is 3.44. The second kappa shape index (κ2) is 2.04. The lowest BCUT2D eigenvalue weighted by Crippen LogP contribution is -2.35. The van der Waals surface area contributed by atoms with E-state index in [2.05, 4.69) is 25.1 Å². The highest BCUT2D eigenvalue weighted by atomic mass is 15.0. The van der Waals surface area contributed by atoms with Gasteiger partial charge in [0, 0.05) is 6.04 Å². The Morgan fingerprint density at radius 1 is 1.56 bits per heavy atom. The minimum atomic E-state index is 0.0914. The summed E-state index contributed by atoms with van der Waals surface area (Å²) in [5.74, 6) is 2.77. The van der Waals surface area contributed by atoms with Crippen LogP contribution in [0.1, 0.15) is 26.7 Å². The van der Waals surface area contributed by atoms with E-state index in [1.165, 1.54) is 0 Å². The van der Waals surface area contributed by atoms with Gasteiger partial charge < -0.3 is 0 Å². The predicted molar refractivity (Wildman–Crippen MR) is 39.1 cm³/mol. The summed E-state index contributed by atoms with van der Waals surface area (Å²) in [4.78, 5) is 0. The summed E-state index contributed by atoms with van der Waals surface area (Å²) in [6.45, 7) is 4.24. The van der Waals surface area contributed by atoms with E-state index in [0.29, 0.717) is 6.04 Å². The highest BCUT2D eigenvalue weighted by Crippen LogP contribution is 2.34. The zero-order valence-corrected chi connectivity index (χ0v) is 6.07. The van der Waals surface area contributed by atoms with E-state index in [1.54, 1.807) is 0 Å². The second-order valence-corrected chi connectivity index (χ2v) is 3.03. The molecule has 9 heavy (non-hydrogen) atoms. The van der Waals surface area contributed by atoms with Crippen molar-refractivity contribution in [2.45, 2.75) is 38.3 Å². The summed E-state index contributed by atoms with van der Waals surface area (Å²) in [6.07, 6.45) is 7.61. The zero-order valence-electron chi connectivity index (χ0n) is 6.07. The molecule has 0 aromatic heterocycles. The lowest BCUT2D eigenvalue weighted by Gasteiger charge is -2.13. The first kappa shape index (κ1) is 6.64. The molecule has 0 spiro atoms. The number of rotatable bonds is 2. The van der Waals surface area contributed by atoms with Crippen LogP contribution in [0, 0.1) is 12.3 Å². The molecule has 0 bridgehead atoms. The Hall–Kier alpha value is -0.480. The van der Waals surface area contributed by atoms with Crippen molar-refractivity contribution in [3.8, 4) is 12.3 Å². The van der Waals surface area contributed by atoms with E-state index in [0.717, 1.165) is 12.8 Å². The molecule has 1 heteroatoms. The topological polar surface area (TPSA) is 12.0 Å². The number of hydrogen-bond donors (Lipinski definition) is 1. The molecule has 0 aromatic rings. The molecule has 50 valence electrons. The van der Waals surface area contributed by atoms with Crippen LogP contribution >= 0.6 is 0 Å². The maximum atomic E-state index is 5.30. The van der Waals surface area contributed by atoms with Crippen LogP contribution in [-0.4, -0.2) is 11.6 Å². The fraction of sp³-hybridized carbons (Fsp3) is 0.750. The molecule has 0 atom stereocenters. The lowest BCUT2D eigenvalue weighted by atomic mass is 10.2. The van der Waals surface area contributed by atoms with Crippen molar-refractivity contribution in [2.24, 2.45) is 0 Å². The van der Waals surface area contributed by atoms with E-state index in [4.69, 9.17) is 6.42 Å². The summed E-state index contributed by atoms with van der Waals surface area (Å²) >= 11 is 0. The van der Waals surface area contributed by atoms with Crippen molar-refractivity contribution in [3.63, 3.8) is 0 Å². The van der Waals surface area contributed by atoms with Crippen LogP contribution in [0.4, 0.5) is 0 Å². The van der Waals surface area contributed by atoms with Gasteiger partial charge in [-0.15, -0.1) is 6.42 Å². The van der Waals surface area contributed by atoms with Gasteiger partial charge in [0.1, 0.15) is 0 Å². The molecule has 0 radical (unpaired) electrons. The molecule has 1 aliphatic carbocycles. The minimum absolute atomic E-state index is 0.0914. The Morgan fingerprint density at radius 3 is 2.22 bits per heavy atom. The number of nitrogens with one attached hydrogen (secondary N) is 1. The maximum Gasteiger partial charge on any atom is 0.0802 e. The highest BCUT2D eigenvalue weighted by molar-refractivity contribution is 5.22. The van der Waals surface area contributed by atoms with E-state index < -0.39 is 0 Å². The molecule has 1 rings (SSSR count). The molecule has 0 aliphatic heterocycles. The Bertz CT molecular complexity index is 137. The molecule has 1 nitrogen and oxygen atoms in total. The highest BCUT2D eigenvalue weighted by Gasteiger charge is 2.40. The van der Waals surface area contributed by atoms with Gasteiger partial charge in [-0.25, -0.2) is 0 Å². The first-order chi connectivity index (χ1) is 4.18. The third kappa shape index (κ3) is 1.46. The van der Waals surface area contributed by atoms with Crippen LogP contribution in [0.15, 0.2) is 0 Å². The van der Waals surface area contributed by atoms with Crippen molar-refractivity contribution in [3.05, 3.63) is 0 Å². The third-order valence-corrected chi connectivity index (χ3v) is 1.59. The van der Waals surface area contributed by atoms with Crippen molar-refractivity contribution in [1.29, 1.82) is 0 Å². The molecule has 0 aromatic carbocycles. The monoisotopic (exact) mass is 123 g/mol. The smallest absolute Gasteiger partial charge is 0.0802 e. The van der Waals surface area contributed by atoms with Gasteiger partial charge in [0.05, 0.1) is 5.54 Å². The molecule has 0 unspecified atom stereocenters. The number of hydrogen-bond acceptors (Lipinski definition) is 1. The summed E-state index contributed by atoms with van der Waals surface area (Å²) in [7, 11) is 0. The van der Waals surface area contributed by atoms with Crippen LogP contribution in [0.2, 0.25) is 0 Å². The van der Waals surface area contributed by atoms with Crippen LogP contribution in [0.25, 0.3) is 0 Å². The molecular weight excluding hydrogens is 110 g/mol. The standard InChI is InChI=1S/C8H13N/c1-4-8(5-6-8)9-7(2)3/h1,7,9H,5-6H2,2-3H3. The van der Waals surface area contributed by atoms with Gasteiger partial charge in [0.15, 0.2) is 0 Å². The van der Waals surface area contributed by atoms with Crippen LogP contribution in [0.5, 0.6) is 0 Å². The fourth-order valence-electron chi connectivity index (χ4n) is 1.01. The molecule has 0 amide bonds. The van der Waals surface area contributed by atoms with Crippen LogP contribution in [-0.2, 0) is 0 Å². The maximum absolute atomic E-state index is 5.30. The first-order valence-electron chi connectivity index (χ1n) is 3.44. The fourth-order valence-corrected chi connectivity index (χ4v) is 1.01. The number of terminal acetylenes is 1. The second-order valence-electron chi connectivity index (χ2n) is 3.03. The quantitative estimate of drug-likeness (QED) is 0.543. The summed E-state index contributed by atoms with van der Waals surface area (Å²) in [5, 5.41) is 3.34. The Morgan fingerprint density at radius 2 is 2.11 bits per heavy atom. The SMILES string of the molecule is C#CC1(NC(C)C)CC1. The van der Waals surface area contributed by atoms with Gasteiger partial charge in [-0.2, -0.15) is 0 Å². The molecule has 1 aliphatic rings. The summed E-state index contributed by atoms with van der Waals surface area (Å²) < 4.78 is 0. The van der Waals surface area contributed by atoms with Crippen molar-refractivity contribution in [1.82, 2.24) is 5.32 Å². The van der Waals surface area contributed by atoms with Gasteiger partial charge in [-0.1, -0.05) is 5.92 Å². The average molecular weight is 123 g/mol. The minimum Gasteiger partial charge on any atom is -0.299 e. The summed E-state index contributed by atoms with van der Waals surface area (Å²) in [6, 6.07) is 0.517. The Balaban J connectivity index is 2.36. The van der Waals surface area contributed by atoms with E-state index in [9.17, 15) is 0 Å². The largest absolute Gasteiger partial charge is 0.299 e. The Labute approximate surface area is 56.8 Å². The zero-order chi connectivity index (χ0) is 6.91. The summed E-state index contributed by atoms with van der Waals surface area (Å²) in [5.41, 5.74) is 0.0914. The Kier molecular flexibility index (Phi) is 1.50. The van der Waals surface area contributed by atoms with Gasteiger partial charge in [-0.05, 0) is 26.7 Å². The van der Waals surface area contributed by atoms with Crippen molar-refractivity contribution in [2.75, 3.05) is 0 Å². The lowest BCUT2D eigenvalue weighted by molar-refractivity contribution is 0.525. The predicted octanol–water partition coefficient (Wildman–Crippen LogP) is 1.15. The van der Waals surface area contributed by atoms with E-state index in [1.807, 2.05) is 0 Å². The molecule has 1 saturated carbocycles. The molecule has 1 fully saturated rings. The van der Waals surface area contributed by atoms with Crippen molar-refractivity contribution < 1.29 is 0 Å². The average Bonchev–Trinajstić information content (AvgIpc) is 2.48. The van der Waals surface area contributed by atoms with Gasteiger partial charge >= 0.3 is 0 Å². The normalized spacial score (nSPS) is 21.6. The van der Waals surface area contributed by atoms with Crippen LogP contribution in [0.3, 0.4) is 0 Å². The van der Waals surface area contributed by atoms with E-state index in [-0.39, 0.29) is 5.54 Å². The molecular formula is C8H13N. The van der Waals surface area contributed by atoms with Crippen molar-refractivity contribution >= 4 is 0 Å².